The molecule has 0 spiro atoms. The van der Waals surface area contributed by atoms with Gasteiger partial charge in [0.05, 0.1) is 11.4 Å². The van der Waals surface area contributed by atoms with Crippen LogP contribution in [0.3, 0.4) is 0 Å². The maximum atomic E-state index is 12.7. The van der Waals surface area contributed by atoms with E-state index in [2.05, 4.69) is 10.0 Å². The third-order valence-electron chi connectivity index (χ3n) is 4.55. The molecular formula is C21H27N3O4S. The summed E-state index contributed by atoms with van der Waals surface area (Å²) in [5.74, 6) is -0.679. The molecule has 2 aromatic rings. The number of nitrogens with one attached hydrogen (secondary N) is 2. The fraction of sp³-hybridized carbons (Fsp3) is 0.333. The quantitative estimate of drug-likeness (QED) is 0.690. The van der Waals surface area contributed by atoms with E-state index in [-0.39, 0.29) is 22.9 Å². The molecule has 0 bridgehead atoms. The van der Waals surface area contributed by atoms with Crippen LogP contribution in [0.2, 0.25) is 0 Å². The van der Waals surface area contributed by atoms with Gasteiger partial charge >= 0.3 is 0 Å². The maximum absolute atomic E-state index is 12.7. The van der Waals surface area contributed by atoms with Gasteiger partial charge in [0.2, 0.25) is 5.91 Å². The summed E-state index contributed by atoms with van der Waals surface area (Å²) >= 11 is 0. The number of amides is 2. The third kappa shape index (κ3) is 5.80. The Hall–Kier alpha value is -2.87. The molecule has 0 aliphatic rings. The Kier molecular flexibility index (Phi) is 7.39. The fourth-order valence-corrected chi connectivity index (χ4v) is 3.95. The average molecular weight is 418 g/mol. The highest BCUT2D eigenvalue weighted by Gasteiger charge is 2.19. The summed E-state index contributed by atoms with van der Waals surface area (Å²) in [6.45, 7) is 8.28. The highest BCUT2D eigenvalue weighted by Crippen LogP contribution is 2.20. The number of likely N-dealkylation sites (N-methyl/N-ethyl adjacent to an activating group) is 1. The molecule has 0 saturated carbocycles. The van der Waals surface area contributed by atoms with Gasteiger partial charge in [-0.3, -0.25) is 14.3 Å². The van der Waals surface area contributed by atoms with Gasteiger partial charge < -0.3 is 10.2 Å². The summed E-state index contributed by atoms with van der Waals surface area (Å²) in [5.41, 5.74) is 2.20. The summed E-state index contributed by atoms with van der Waals surface area (Å²) in [4.78, 5) is 26.2. The Morgan fingerprint density at radius 3 is 2.31 bits per heavy atom. The fourth-order valence-electron chi connectivity index (χ4n) is 2.87. The molecule has 7 nitrogen and oxygen atoms in total. The van der Waals surface area contributed by atoms with Crippen LogP contribution in [0.4, 0.5) is 5.69 Å². The number of hydrogen-bond donors (Lipinski definition) is 2. The van der Waals surface area contributed by atoms with Gasteiger partial charge in [0.15, 0.2) is 0 Å². The molecule has 0 fully saturated rings. The molecule has 0 atom stereocenters. The molecule has 0 heterocycles. The first-order chi connectivity index (χ1) is 13.7. The molecule has 0 unspecified atom stereocenters. The zero-order valence-corrected chi connectivity index (χ0v) is 18.0. The maximum Gasteiger partial charge on any atom is 0.261 e. The van der Waals surface area contributed by atoms with Gasteiger partial charge in [-0.05, 0) is 63.1 Å². The van der Waals surface area contributed by atoms with E-state index in [1.165, 1.54) is 12.1 Å². The van der Waals surface area contributed by atoms with Crippen molar-refractivity contribution in [3.05, 3.63) is 59.2 Å². The molecule has 2 amide bonds. The molecule has 0 radical (unpaired) electrons. The van der Waals surface area contributed by atoms with Crippen molar-refractivity contribution >= 4 is 27.5 Å². The van der Waals surface area contributed by atoms with Gasteiger partial charge in [0.1, 0.15) is 0 Å². The van der Waals surface area contributed by atoms with Gasteiger partial charge in [0, 0.05) is 24.3 Å². The van der Waals surface area contributed by atoms with Crippen molar-refractivity contribution in [2.24, 2.45) is 0 Å². The first-order valence-electron chi connectivity index (χ1n) is 9.44. The minimum Gasteiger partial charge on any atom is -0.343 e. The van der Waals surface area contributed by atoms with Crippen LogP contribution in [0.5, 0.6) is 0 Å². The van der Waals surface area contributed by atoms with Crippen LogP contribution < -0.4 is 10.0 Å². The minimum absolute atomic E-state index is 0.0233. The van der Waals surface area contributed by atoms with E-state index in [1.54, 1.807) is 36.1 Å². The van der Waals surface area contributed by atoms with Crippen LogP contribution in [0.15, 0.2) is 47.4 Å². The monoisotopic (exact) mass is 417 g/mol. The first kappa shape index (κ1) is 22.4. The van der Waals surface area contributed by atoms with E-state index < -0.39 is 15.9 Å². The van der Waals surface area contributed by atoms with Gasteiger partial charge in [-0.25, -0.2) is 8.42 Å². The molecule has 0 aliphatic carbocycles. The third-order valence-corrected chi connectivity index (χ3v) is 5.93. The lowest BCUT2D eigenvalue weighted by molar-refractivity contribution is -0.129. The lowest BCUT2D eigenvalue weighted by Crippen LogP contribution is -2.40. The van der Waals surface area contributed by atoms with Crippen molar-refractivity contribution in [1.29, 1.82) is 0 Å². The van der Waals surface area contributed by atoms with Crippen LogP contribution in [-0.4, -0.2) is 44.8 Å². The lowest BCUT2D eigenvalue weighted by atomic mass is 10.1. The molecule has 2 rings (SSSR count). The molecule has 156 valence electrons. The van der Waals surface area contributed by atoms with E-state index in [9.17, 15) is 18.0 Å². The predicted octanol–water partition coefficient (Wildman–Crippen LogP) is 2.70. The number of sulfonamides is 1. The van der Waals surface area contributed by atoms with E-state index in [0.29, 0.717) is 24.3 Å². The number of benzene rings is 2. The van der Waals surface area contributed by atoms with Crippen molar-refractivity contribution in [3.8, 4) is 0 Å². The summed E-state index contributed by atoms with van der Waals surface area (Å²) in [5, 5.41) is 2.58. The van der Waals surface area contributed by atoms with Gasteiger partial charge in [0.25, 0.3) is 15.9 Å². The van der Waals surface area contributed by atoms with Gasteiger partial charge in [-0.15, -0.1) is 0 Å². The Morgan fingerprint density at radius 1 is 1.00 bits per heavy atom. The van der Waals surface area contributed by atoms with E-state index in [4.69, 9.17) is 0 Å². The largest absolute Gasteiger partial charge is 0.343 e. The van der Waals surface area contributed by atoms with Crippen LogP contribution >= 0.6 is 0 Å². The zero-order valence-electron chi connectivity index (χ0n) is 17.2. The number of carbonyl (C=O) groups is 2. The Bertz CT molecular complexity index is 999. The highest BCUT2D eigenvalue weighted by atomic mass is 32.2. The van der Waals surface area contributed by atoms with Crippen LogP contribution in [0.25, 0.3) is 0 Å². The molecule has 8 heteroatoms. The Morgan fingerprint density at radius 2 is 1.69 bits per heavy atom. The van der Waals surface area contributed by atoms with Crippen molar-refractivity contribution in [3.63, 3.8) is 0 Å². The number of hydrogen-bond acceptors (Lipinski definition) is 4. The second-order valence-corrected chi connectivity index (χ2v) is 8.38. The smallest absolute Gasteiger partial charge is 0.261 e. The number of nitrogens with zero attached hydrogens (tertiary/aromatic N) is 1. The molecule has 2 aromatic carbocycles. The summed E-state index contributed by atoms with van der Waals surface area (Å²) in [6, 6.07) is 11.4. The number of aryl methyl sites for hydroxylation is 2. The van der Waals surface area contributed by atoms with Crippen molar-refractivity contribution < 1.29 is 18.0 Å². The molecule has 0 aliphatic heterocycles. The van der Waals surface area contributed by atoms with Gasteiger partial charge in [-0.1, -0.05) is 18.2 Å². The summed E-state index contributed by atoms with van der Waals surface area (Å²) in [6.07, 6.45) is 0. The Balaban J connectivity index is 2.20. The van der Waals surface area contributed by atoms with Crippen molar-refractivity contribution in [2.45, 2.75) is 32.6 Å². The average Bonchev–Trinajstić information content (AvgIpc) is 2.67. The van der Waals surface area contributed by atoms with E-state index >= 15 is 0 Å². The van der Waals surface area contributed by atoms with Crippen molar-refractivity contribution in [2.75, 3.05) is 24.4 Å². The summed E-state index contributed by atoms with van der Waals surface area (Å²) < 4.78 is 28.0. The SMILES string of the molecule is CCN(CC)C(=O)CNC(=O)c1cc(S(=O)(=O)Nc2cccc(C)c2)ccc1C. The normalized spacial score (nSPS) is 11.0. The predicted molar refractivity (Wildman–Crippen MR) is 113 cm³/mol. The van der Waals surface area contributed by atoms with Gasteiger partial charge in [-0.2, -0.15) is 0 Å². The minimum atomic E-state index is -3.86. The summed E-state index contributed by atoms with van der Waals surface area (Å²) in [7, 11) is -3.86. The molecule has 29 heavy (non-hydrogen) atoms. The first-order valence-corrected chi connectivity index (χ1v) is 10.9. The van der Waals surface area contributed by atoms with Crippen LogP contribution in [0.1, 0.15) is 35.3 Å². The van der Waals surface area contributed by atoms with E-state index in [1.807, 2.05) is 26.8 Å². The standard InChI is InChI=1S/C21H27N3O4S/c1-5-24(6-2)20(25)14-22-21(26)19-13-18(11-10-16(19)4)29(27,28)23-17-9-7-8-15(3)12-17/h7-13,23H,5-6,14H2,1-4H3,(H,22,26). The number of rotatable bonds is 8. The number of carbonyl (C=O) groups excluding carboxylic acids is 2. The lowest BCUT2D eigenvalue weighted by Gasteiger charge is -2.19. The molecular weight excluding hydrogens is 390 g/mol. The van der Waals surface area contributed by atoms with Crippen molar-refractivity contribution in [1.82, 2.24) is 10.2 Å². The van der Waals surface area contributed by atoms with E-state index in [0.717, 1.165) is 5.56 Å². The zero-order chi connectivity index (χ0) is 21.6. The van der Waals surface area contributed by atoms with Crippen LogP contribution in [0, 0.1) is 13.8 Å². The Labute approximate surface area is 172 Å². The molecule has 0 saturated heterocycles. The molecule has 2 N–H and O–H groups in total. The topological polar surface area (TPSA) is 95.6 Å². The number of anilines is 1. The second kappa shape index (κ2) is 9.56. The molecule has 0 aromatic heterocycles. The van der Waals surface area contributed by atoms with Crippen LogP contribution in [-0.2, 0) is 14.8 Å². The highest BCUT2D eigenvalue weighted by molar-refractivity contribution is 7.92. The second-order valence-electron chi connectivity index (χ2n) is 6.70.